The molecule has 0 aromatic heterocycles. The van der Waals surface area contributed by atoms with Gasteiger partial charge in [0.05, 0.1) is 17.7 Å². The summed E-state index contributed by atoms with van der Waals surface area (Å²) < 4.78 is 13.5. The Hall–Kier alpha value is -2.30. The first-order valence-corrected chi connectivity index (χ1v) is 13.3. The Morgan fingerprint density at radius 3 is 2.44 bits per heavy atom. The van der Waals surface area contributed by atoms with Crippen molar-refractivity contribution in [1.82, 2.24) is 5.32 Å². The number of rotatable bonds is 7. The topological polar surface area (TPSA) is 59.9 Å². The van der Waals surface area contributed by atoms with Crippen LogP contribution >= 0.6 is 50.3 Å². The van der Waals surface area contributed by atoms with Gasteiger partial charge in [-0.2, -0.15) is 0 Å². The van der Waals surface area contributed by atoms with Gasteiger partial charge in [-0.1, -0.05) is 47.1 Å². The summed E-state index contributed by atoms with van der Waals surface area (Å²) in [5, 5.41) is 3.39. The van der Waals surface area contributed by atoms with E-state index in [1.165, 1.54) is 20.9 Å². The molecule has 1 aliphatic rings. The highest BCUT2D eigenvalue weighted by Gasteiger charge is 2.24. The van der Waals surface area contributed by atoms with Gasteiger partial charge in [-0.3, -0.25) is 4.79 Å². The lowest BCUT2D eigenvalue weighted by Gasteiger charge is -2.13. The third-order valence-corrected chi connectivity index (χ3v) is 7.42. The number of amides is 1. The van der Waals surface area contributed by atoms with Crippen molar-refractivity contribution in [1.29, 1.82) is 0 Å². The molecule has 5 nitrogen and oxygen atoms in total. The molecule has 3 aromatic carbocycles. The van der Waals surface area contributed by atoms with E-state index in [0.717, 1.165) is 27.7 Å². The second-order valence-corrected chi connectivity index (χ2v) is 10.6. The number of hydrogen-bond acceptors (Lipinski definition) is 5. The average Bonchev–Trinajstić information content (AvgIpc) is 3.18. The molecule has 0 atom stereocenters. The summed E-state index contributed by atoms with van der Waals surface area (Å²) in [6.07, 6.45) is 2.79. The van der Waals surface area contributed by atoms with E-state index in [2.05, 4.69) is 55.8 Å². The van der Waals surface area contributed by atoms with E-state index in [-0.39, 0.29) is 5.91 Å². The lowest BCUT2D eigenvalue weighted by Crippen LogP contribution is -2.19. The number of thioether (sulfide) groups is 1. The van der Waals surface area contributed by atoms with Crippen LogP contribution in [0, 0.1) is 3.57 Å². The van der Waals surface area contributed by atoms with Gasteiger partial charge in [0.2, 0.25) is 0 Å². The van der Waals surface area contributed by atoms with E-state index in [0.29, 0.717) is 28.2 Å². The highest BCUT2D eigenvalue weighted by atomic mass is 127. The molecule has 1 N–H and O–H groups in total. The smallest absolute Gasteiger partial charge is 0.264 e. The molecule has 4 rings (SSSR count). The van der Waals surface area contributed by atoms with Gasteiger partial charge in [0.1, 0.15) is 6.61 Å². The molecule has 3 aromatic rings. The largest absolute Gasteiger partial charge is 0.493 e. The SMILES string of the molecule is CCc1ccc(N=C2NC(=O)/C(=C/c3cc(OC)c(OCc4ccc(I)cc4)cc3Br)S2)cc1. The molecule has 1 amide bonds. The Labute approximate surface area is 225 Å². The van der Waals surface area contributed by atoms with E-state index in [1.54, 1.807) is 7.11 Å². The third-order valence-electron chi connectivity index (χ3n) is 5.10. The second-order valence-electron chi connectivity index (χ2n) is 7.44. The molecular weight excluding hydrogens is 627 g/mol. The summed E-state index contributed by atoms with van der Waals surface area (Å²) in [5.74, 6) is 1.03. The van der Waals surface area contributed by atoms with Crippen LogP contribution in [0.15, 0.2) is 75.0 Å². The Morgan fingerprint density at radius 1 is 1.06 bits per heavy atom. The van der Waals surface area contributed by atoms with E-state index < -0.39 is 0 Å². The number of aliphatic imine (C=N–C) groups is 1. The highest BCUT2D eigenvalue weighted by molar-refractivity contribution is 14.1. The van der Waals surface area contributed by atoms with Crippen LogP contribution in [-0.4, -0.2) is 18.2 Å². The second kappa shape index (κ2) is 11.4. The monoisotopic (exact) mass is 648 g/mol. The van der Waals surface area contributed by atoms with Gasteiger partial charge in [-0.05, 0) is 99.9 Å². The van der Waals surface area contributed by atoms with Crippen molar-refractivity contribution in [3.05, 3.63) is 90.3 Å². The van der Waals surface area contributed by atoms with Crippen molar-refractivity contribution in [2.24, 2.45) is 4.99 Å². The molecule has 0 saturated carbocycles. The molecule has 1 fully saturated rings. The number of methoxy groups -OCH3 is 1. The zero-order valence-electron chi connectivity index (χ0n) is 18.6. The third kappa shape index (κ3) is 6.22. The van der Waals surface area contributed by atoms with Gasteiger partial charge in [-0.25, -0.2) is 4.99 Å². The molecule has 1 aliphatic heterocycles. The lowest BCUT2D eigenvalue weighted by atomic mass is 10.1. The van der Waals surface area contributed by atoms with E-state index >= 15 is 0 Å². The Kier molecular flexibility index (Phi) is 8.33. The Bertz CT molecular complexity index is 1260. The van der Waals surface area contributed by atoms with Crippen molar-refractivity contribution < 1.29 is 14.3 Å². The molecule has 0 radical (unpaired) electrons. The van der Waals surface area contributed by atoms with Crippen LogP contribution in [0.5, 0.6) is 11.5 Å². The van der Waals surface area contributed by atoms with Gasteiger partial charge in [0, 0.05) is 8.04 Å². The minimum absolute atomic E-state index is 0.182. The average molecular weight is 649 g/mol. The minimum atomic E-state index is -0.182. The lowest BCUT2D eigenvalue weighted by molar-refractivity contribution is -0.115. The number of nitrogens with zero attached hydrogens (tertiary/aromatic N) is 1. The fourth-order valence-corrected chi connectivity index (χ4v) is 4.85. The zero-order chi connectivity index (χ0) is 24.1. The summed E-state index contributed by atoms with van der Waals surface area (Å²) in [6, 6.07) is 19.9. The molecule has 0 spiro atoms. The molecule has 8 heteroatoms. The molecule has 1 saturated heterocycles. The number of carbonyl (C=O) groups is 1. The van der Waals surface area contributed by atoms with Crippen LogP contribution in [0.4, 0.5) is 5.69 Å². The minimum Gasteiger partial charge on any atom is -0.493 e. The van der Waals surface area contributed by atoms with Crippen LogP contribution in [0.1, 0.15) is 23.6 Å². The van der Waals surface area contributed by atoms with Crippen LogP contribution in [0.25, 0.3) is 6.08 Å². The van der Waals surface area contributed by atoms with Crippen LogP contribution < -0.4 is 14.8 Å². The summed E-state index contributed by atoms with van der Waals surface area (Å²) in [6.45, 7) is 2.54. The van der Waals surface area contributed by atoms with Gasteiger partial charge < -0.3 is 14.8 Å². The van der Waals surface area contributed by atoms with Crippen molar-refractivity contribution in [2.75, 3.05) is 7.11 Å². The maximum atomic E-state index is 12.5. The normalized spacial score (nSPS) is 15.6. The Morgan fingerprint density at radius 2 is 1.76 bits per heavy atom. The predicted octanol–water partition coefficient (Wildman–Crippen LogP) is 7.10. The maximum absolute atomic E-state index is 12.5. The Balaban J connectivity index is 1.51. The number of halogens is 2. The van der Waals surface area contributed by atoms with Gasteiger partial charge in [-0.15, -0.1) is 0 Å². The highest BCUT2D eigenvalue weighted by Crippen LogP contribution is 2.37. The predicted molar refractivity (Wildman–Crippen MR) is 151 cm³/mol. The van der Waals surface area contributed by atoms with Crippen LogP contribution in [0.2, 0.25) is 0 Å². The van der Waals surface area contributed by atoms with Crippen molar-refractivity contribution >= 4 is 73.1 Å². The molecule has 174 valence electrons. The van der Waals surface area contributed by atoms with Gasteiger partial charge in [0.25, 0.3) is 5.91 Å². The number of ether oxygens (including phenoxy) is 2. The molecule has 0 aliphatic carbocycles. The number of carbonyl (C=O) groups excluding carboxylic acids is 1. The van der Waals surface area contributed by atoms with Crippen molar-refractivity contribution in [2.45, 2.75) is 20.0 Å². The van der Waals surface area contributed by atoms with Crippen LogP contribution in [-0.2, 0) is 17.8 Å². The zero-order valence-corrected chi connectivity index (χ0v) is 23.2. The molecule has 0 unspecified atom stereocenters. The first kappa shape index (κ1) is 24.8. The molecule has 0 bridgehead atoms. The summed E-state index contributed by atoms with van der Waals surface area (Å²) in [7, 11) is 1.60. The fraction of sp³-hybridized carbons (Fsp3) is 0.154. The molecule has 34 heavy (non-hydrogen) atoms. The molecule has 1 heterocycles. The number of nitrogens with one attached hydrogen (secondary N) is 1. The van der Waals surface area contributed by atoms with Crippen LogP contribution in [0.3, 0.4) is 0 Å². The van der Waals surface area contributed by atoms with Crippen molar-refractivity contribution in [3.8, 4) is 11.5 Å². The standard InChI is InChI=1S/C26H22BrIN2O3S/c1-3-16-6-10-20(11-7-16)29-26-30-25(31)24(34-26)13-18-12-22(32-2)23(14-21(18)27)33-15-17-4-8-19(28)9-5-17/h4-14H,3,15H2,1-2H3,(H,29,30,31)/b24-13-. The van der Waals surface area contributed by atoms with Gasteiger partial charge in [0.15, 0.2) is 16.7 Å². The fourth-order valence-electron chi connectivity index (χ4n) is 3.22. The summed E-state index contributed by atoms with van der Waals surface area (Å²) in [4.78, 5) is 17.7. The quantitative estimate of drug-likeness (QED) is 0.219. The molecular formula is C26H22BrIN2O3S. The van der Waals surface area contributed by atoms with E-state index in [4.69, 9.17) is 9.47 Å². The number of benzene rings is 3. The van der Waals surface area contributed by atoms with Crippen molar-refractivity contribution in [3.63, 3.8) is 0 Å². The van der Waals surface area contributed by atoms with E-state index in [1.807, 2.05) is 66.7 Å². The van der Waals surface area contributed by atoms with Gasteiger partial charge >= 0.3 is 0 Å². The summed E-state index contributed by atoms with van der Waals surface area (Å²) >= 11 is 7.19. The summed E-state index contributed by atoms with van der Waals surface area (Å²) in [5.41, 5.74) is 3.93. The number of hydrogen-bond donors (Lipinski definition) is 1. The first-order chi connectivity index (χ1) is 16.4. The first-order valence-electron chi connectivity index (χ1n) is 10.6. The number of aryl methyl sites for hydroxylation is 1. The van der Waals surface area contributed by atoms with E-state index in [9.17, 15) is 4.79 Å². The number of amidine groups is 1. The maximum Gasteiger partial charge on any atom is 0.264 e.